The quantitative estimate of drug-likeness (QED) is 0.587. The highest BCUT2D eigenvalue weighted by Crippen LogP contribution is 2.25. The summed E-state index contributed by atoms with van der Waals surface area (Å²) in [4.78, 5) is 8.00. The van der Waals surface area contributed by atoms with E-state index < -0.39 is 0 Å². The maximum atomic E-state index is 8.00. The van der Waals surface area contributed by atoms with Gasteiger partial charge in [0.15, 0.2) is 0 Å². The molecule has 1 saturated carbocycles. The van der Waals surface area contributed by atoms with Crippen molar-refractivity contribution < 1.29 is 4.79 Å². The van der Waals surface area contributed by atoms with Crippen LogP contribution in [-0.2, 0) is 4.79 Å². The molecule has 0 spiro atoms. The molecule has 0 aromatic heterocycles. The normalized spacial score (nSPS) is 16.6. The van der Waals surface area contributed by atoms with Crippen molar-refractivity contribution in [3.63, 3.8) is 0 Å². The summed E-state index contributed by atoms with van der Waals surface area (Å²) in [6.45, 7) is 8.32. The van der Waals surface area contributed by atoms with Crippen LogP contribution in [0.4, 0.5) is 0 Å². The summed E-state index contributed by atoms with van der Waals surface area (Å²) < 4.78 is 0. The van der Waals surface area contributed by atoms with E-state index in [9.17, 15) is 0 Å². The van der Waals surface area contributed by atoms with Gasteiger partial charge in [-0.2, -0.15) is 0 Å². The summed E-state index contributed by atoms with van der Waals surface area (Å²) in [5.74, 6) is 1.09. The van der Waals surface area contributed by atoms with Crippen LogP contribution in [0, 0.1) is 5.92 Å². The molecule has 0 aliphatic heterocycles. The Hall–Kier alpha value is -0.330. The molecule has 1 heteroatoms. The van der Waals surface area contributed by atoms with E-state index >= 15 is 0 Å². The Morgan fingerprint density at radius 2 is 1.50 bits per heavy atom. The molecule has 1 aliphatic rings. The largest absolute Gasteiger partial charge is 0.307 e. The van der Waals surface area contributed by atoms with Crippen molar-refractivity contribution >= 4 is 6.79 Å². The third-order valence-electron chi connectivity index (χ3n) is 2.30. The molecule has 0 saturated heterocycles. The maximum absolute atomic E-state index is 8.00. The fourth-order valence-electron chi connectivity index (χ4n) is 1.60. The van der Waals surface area contributed by atoms with Crippen LogP contribution in [0.15, 0.2) is 0 Å². The SMILES string of the molecule is C=O.CC.CCC1CCCCC1. The van der Waals surface area contributed by atoms with Crippen molar-refractivity contribution in [1.29, 1.82) is 0 Å². The van der Waals surface area contributed by atoms with Crippen molar-refractivity contribution in [2.24, 2.45) is 5.92 Å². The number of hydrogen-bond acceptors (Lipinski definition) is 1. The summed E-state index contributed by atoms with van der Waals surface area (Å²) in [5.41, 5.74) is 0. The first-order valence-electron chi connectivity index (χ1n) is 5.22. The minimum absolute atomic E-state index is 1.09. The van der Waals surface area contributed by atoms with Crippen molar-refractivity contribution in [2.75, 3.05) is 0 Å². The predicted octanol–water partition coefficient (Wildman–Crippen LogP) is 3.82. The van der Waals surface area contributed by atoms with Gasteiger partial charge in [-0.3, -0.25) is 0 Å². The van der Waals surface area contributed by atoms with Gasteiger partial charge in [0.2, 0.25) is 0 Å². The Kier molecular flexibility index (Phi) is 15.7. The third kappa shape index (κ3) is 7.77. The van der Waals surface area contributed by atoms with E-state index in [-0.39, 0.29) is 0 Å². The molecule has 0 unspecified atom stereocenters. The second-order valence-corrected chi connectivity index (χ2v) is 2.91. The standard InChI is InChI=1S/C8H16.C2H6.CH2O/c1-2-8-6-4-3-5-7-8;2*1-2/h8H,2-7H2,1H3;1-2H3;1H2. The van der Waals surface area contributed by atoms with Crippen LogP contribution in [0.25, 0.3) is 0 Å². The minimum Gasteiger partial charge on any atom is -0.307 e. The molecule has 0 bridgehead atoms. The summed E-state index contributed by atoms with van der Waals surface area (Å²) >= 11 is 0. The average molecular weight is 172 g/mol. The Balaban J connectivity index is 0. The Morgan fingerprint density at radius 3 is 1.75 bits per heavy atom. The van der Waals surface area contributed by atoms with Crippen molar-refractivity contribution in [1.82, 2.24) is 0 Å². The lowest BCUT2D eigenvalue weighted by Crippen LogP contribution is -2.03. The van der Waals surface area contributed by atoms with Gasteiger partial charge in [0.05, 0.1) is 0 Å². The first-order valence-corrected chi connectivity index (χ1v) is 5.22. The molecule has 0 aromatic carbocycles. The van der Waals surface area contributed by atoms with Gasteiger partial charge in [-0.25, -0.2) is 0 Å². The van der Waals surface area contributed by atoms with Crippen LogP contribution in [0.5, 0.6) is 0 Å². The predicted molar refractivity (Wildman–Crippen MR) is 55.3 cm³/mol. The summed E-state index contributed by atoms with van der Waals surface area (Å²) in [5, 5.41) is 0. The molecule has 1 fully saturated rings. The van der Waals surface area contributed by atoms with Gasteiger partial charge < -0.3 is 4.79 Å². The zero-order valence-corrected chi connectivity index (χ0v) is 8.94. The lowest BCUT2D eigenvalue weighted by atomic mass is 9.88. The highest BCUT2D eigenvalue weighted by molar-refractivity contribution is 5.10. The molecule has 12 heavy (non-hydrogen) atoms. The fraction of sp³-hybridized carbons (Fsp3) is 0.909. The van der Waals surface area contributed by atoms with E-state index in [1.54, 1.807) is 0 Å². The average Bonchev–Trinajstić information content (AvgIpc) is 2.25. The lowest BCUT2D eigenvalue weighted by Gasteiger charge is -2.18. The minimum atomic E-state index is 1.09. The van der Waals surface area contributed by atoms with Gasteiger partial charge in [0, 0.05) is 0 Å². The molecule has 0 atom stereocenters. The van der Waals surface area contributed by atoms with Crippen LogP contribution in [-0.4, -0.2) is 6.79 Å². The molecular formula is C11H24O. The Morgan fingerprint density at radius 1 is 1.08 bits per heavy atom. The Labute approximate surface area is 77.6 Å². The van der Waals surface area contributed by atoms with Gasteiger partial charge in [0.25, 0.3) is 0 Å². The molecule has 74 valence electrons. The second kappa shape index (κ2) is 13.3. The highest BCUT2D eigenvalue weighted by Gasteiger charge is 2.09. The number of carbonyl (C=O) groups excluding carboxylic acids is 1. The topological polar surface area (TPSA) is 17.1 Å². The molecule has 0 heterocycles. The van der Waals surface area contributed by atoms with Gasteiger partial charge in [-0.05, 0) is 5.92 Å². The first kappa shape index (κ1) is 14.2. The van der Waals surface area contributed by atoms with Crippen LogP contribution in [0.3, 0.4) is 0 Å². The highest BCUT2D eigenvalue weighted by atomic mass is 16.1. The molecule has 1 rings (SSSR count). The van der Waals surface area contributed by atoms with E-state index in [4.69, 9.17) is 4.79 Å². The van der Waals surface area contributed by atoms with Crippen molar-refractivity contribution in [2.45, 2.75) is 59.3 Å². The number of carbonyl (C=O) groups is 1. The smallest absolute Gasteiger partial charge is 0.106 e. The molecule has 1 aliphatic carbocycles. The molecule has 0 N–H and O–H groups in total. The number of rotatable bonds is 1. The van der Waals surface area contributed by atoms with Crippen molar-refractivity contribution in [3.05, 3.63) is 0 Å². The molecule has 0 amide bonds. The van der Waals surface area contributed by atoms with E-state index in [1.165, 1.54) is 38.5 Å². The van der Waals surface area contributed by atoms with E-state index in [0.717, 1.165) is 5.92 Å². The van der Waals surface area contributed by atoms with E-state index in [0.29, 0.717) is 0 Å². The third-order valence-corrected chi connectivity index (χ3v) is 2.30. The van der Waals surface area contributed by atoms with Crippen LogP contribution < -0.4 is 0 Å². The first-order chi connectivity index (χ1) is 5.93. The summed E-state index contributed by atoms with van der Waals surface area (Å²) in [7, 11) is 0. The summed E-state index contributed by atoms with van der Waals surface area (Å²) in [6, 6.07) is 0. The van der Waals surface area contributed by atoms with Gasteiger partial charge >= 0.3 is 0 Å². The molecule has 1 nitrogen and oxygen atoms in total. The monoisotopic (exact) mass is 172 g/mol. The van der Waals surface area contributed by atoms with E-state index in [1.807, 2.05) is 20.6 Å². The Bertz CT molecular complexity index is 65.4. The van der Waals surface area contributed by atoms with Gasteiger partial charge in [-0.15, -0.1) is 0 Å². The van der Waals surface area contributed by atoms with Gasteiger partial charge in [-0.1, -0.05) is 59.3 Å². The second-order valence-electron chi connectivity index (χ2n) is 2.91. The number of hydrogen-bond donors (Lipinski definition) is 0. The summed E-state index contributed by atoms with van der Waals surface area (Å²) in [6.07, 6.45) is 8.93. The van der Waals surface area contributed by atoms with Crippen LogP contribution >= 0.6 is 0 Å². The van der Waals surface area contributed by atoms with Gasteiger partial charge in [0.1, 0.15) is 6.79 Å². The molecule has 0 aromatic rings. The molecular weight excluding hydrogens is 148 g/mol. The maximum Gasteiger partial charge on any atom is 0.106 e. The van der Waals surface area contributed by atoms with Crippen LogP contribution in [0.1, 0.15) is 59.3 Å². The fourth-order valence-corrected chi connectivity index (χ4v) is 1.60. The molecule has 0 radical (unpaired) electrons. The zero-order chi connectivity index (χ0) is 9.82. The van der Waals surface area contributed by atoms with Crippen molar-refractivity contribution in [3.8, 4) is 0 Å². The lowest BCUT2D eigenvalue weighted by molar-refractivity contribution is -0.0979. The van der Waals surface area contributed by atoms with E-state index in [2.05, 4.69) is 6.92 Å². The van der Waals surface area contributed by atoms with Crippen LogP contribution in [0.2, 0.25) is 0 Å². The zero-order valence-electron chi connectivity index (χ0n) is 8.94.